The second-order valence-corrected chi connectivity index (χ2v) is 7.85. The molecule has 0 aromatic carbocycles. The van der Waals surface area contributed by atoms with Gasteiger partial charge in [0.15, 0.2) is 0 Å². The molecule has 0 radical (unpaired) electrons. The van der Waals surface area contributed by atoms with Gasteiger partial charge in [0.1, 0.15) is 11.5 Å². The van der Waals surface area contributed by atoms with Crippen molar-refractivity contribution in [2.45, 2.75) is 66.0 Å². The Bertz CT molecular complexity index is 932. The van der Waals surface area contributed by atoms with E-state index in [1.807, 2.05) is 18.5 Å². The number of nitrogens with one attached hydrogen (secondary N) is 1. The van der Waals surface area contributed by atoms with Crippen LogP contribution >= 0.6 is 0 Å². The monoisotopic (exact) mass is 380 g/mol. The Morgan fingerprint density at radius 1 is 1.29 bits per heavy atom. The number of amides is 1. The molecule has 2 heterocycles. The Balaban J connectivity index is 2.12. The number of ketones is 1. The van der Waals surface area contributed by atoms with Gasteiger partial charge >= 0.3 is 0 Å². The molecule has 0 aliphatic rings. The number of pyridine rings is 1. The third-order valence-electron chi connectivity index (χ3n) is 4.58. The van der Waals surface area contributed by atoms with Crippen molar-refractivity contribution in [1.29, 1.82) is 0 Å². The number of Topliss-reactive ketones (excluding diaryl/α,β-unsaturated/α-hetero) is 1. The van der Waals surface area contributed by atoms with Crippen molar-refractivity contribution in [3.8, 4) is 12.3 Å². The molecule has 0 spiro atoms. The van der Waals surface area contributed by atoms with Crippen molar-refractivity contribution in [2.24, 2.45) is 0 Å². The molecule has 28 heavy (non-hydrogen) atoms. The molecular formula is C22H28N4O2. The van der Waals surface area contributed by atoms with Crippen molar-refractivity contribution in [3.63, 3.8) is 0 Å². The number of hydrogen-bond donors (Lipinski definition) is 1. The number of hydrogen-bond acceptors (Lipinski definition) is 4. The first-order valence-corrected chi connectivity index (χ1v) is 9.35. The smallest absolute Gasteiger partial charge is 0.271 e. The average Bonchev–Trinajstić information content (AvgIpc) is 2.90. The van der Waals surface area contributed by atoms with Gasteiger partial charge in [-0.05, 0) is 59.2 Å². The van der Waals surface area contributed by atoms with E-state index in [0.717, 1.165) is 22.5 Å². The molecule has 6 nitrogen and oxygen atoms in total. The van der Waals surface area contributed by atoms with Gasteiger partial charge in [0, 0.05) is 36.3 Å². The lowest BCUT2D eigenvalue weighted by Gasteiger charge is -2.19. The highest BCUT2D eigenvalue weighted by molar-refractivity contribution is 5.93. The van der Waals surface area contributed by atoms with Gasteiger partial charge in [-0.1, -0.05) is 5.92 Å². The highest BCUT2D eigenvalue weighted by Gasteiger charge is 2.20. The standard InChI is InChI=1S/C22H28N4O2/c1-8-22(6,7)24-21(28)20-12-17(9-10-23-20)11-18(27)13-19-15(4)25-26(14(2)3)16(19)5/h1,9-10,12,14H,11,13H2,2-7H3,(H,24,28). The van der Waals surface area contributed by atoms with Crippen LogP contribution in [-0.4, -0.2) is 32.0 Å². The molecule has 0 saturated heterocycles. The summed E-state index contributed by atoms with van der Waals surface area (Å²) in [6, 6.07) is 3.63. The van der Waals surface area contributed by atoms with E-state index in [1.165, 1.54) is 6.20 Å². The first kappa shape index (κ1) is 21.4. The number of carbonyl (C=O) groups excluding carboxylic acids is 2. The zero-order valence-electron chi connectivity index (χ0n) is 17.5. The van der Waals surface area contributed by atoms with Crippen molar-refractivity contribution < 1.29 is 9.59 Å². The number of carbonyl (C=O) groups is 2. The first-order chi connectivity index (χ1) is 13.0. The van der Waals surface area contributed by atoms with E-state index >= 15 is 0 Å². The summed E-state index contributed by atoms with van der Waals surface area (Å²) >= 11 is 0. The molecule has 2 aromatic heterocycles. The lowest BCUT2D eigenvalue weighted by Crippen LogP contribution is -2.42. The fraction of sp³-hybridized carbons (Fsp3) is 0.455. The van der Waals surface area contributed by atoms with E-state index in [2.05, 4.69) is 35.2 Å². The van der Waals surface area contributed by atoms with Crippen LogP contribution < -0.4 is 5.32 Å². The summed E-state index contributed by atoms with van der Waals surface area (Å²) in [5.74, 6) is 2.22. The van der Waals surface area contributed by atoms with Gasteiger partial charge in [0.05, 0.1) is 11.2 Å². The van der Waals surface area contributed by atoms with Crippen LogP contribution in [0.25, 0.3) is 0 Å². The summed E-state index contributed by atoms with van der Waals surface area (Å²) in [7, 11) is 0. The van der Waals surface area contributed by atoms with Gasteiger partial charge in [-0.25, -0.2) is 0 Å². The van der Waals surface area contributed by atoms with Crippen LogP contribution in [0.15, 0.2) is 18.3 Å². The summed E-state index contributed by atoms with van der Waals surface area (Å²) in [4.78, 5) is 29.1. The summed E-state index contributed by atoms with van der Waals surface area (Å²) in [5.41, 5.74) is 3.10. The Morgan fingerprint density at radius 2 is 1.96 bits per heavy atom. The third-order valence-corrected chi connectivity index (χ3v) is 4.58. The predicted octanol–water partition coefficient (Wildman–Crippen LogP) is 2.97. The van der Waals surface area contributed by atoms with Crippen molar-refractivity contribution in [1.82, 2.24) is 20.1 Å². The topological polar surface area (TPSA) is 76.9 Å². The number of aromatic nitrogens is 3. The van der Waals surface area contributed by atoms with E-state index in [9.17, 15) is 9.59 Å². The Hall–Kier alpha value is -2.94. The van der Waals surface area contributed by atoms with Gasteiger partial charge in [0.2, 0.25) is 0 Å². The molecule has 2 aromatic rings. The molecule has 148 valence electrons. The lowest BCUT2D eigenvalue weighted by atomic mass is 10.0. The maximum atomic E-state index is 12.6. The van der Waals surface area contributed by atoms with Crippen LogP contribution in [0.2, 0.25) is 0 Å². The Kier molecular flexibility index (Phi) is 6.40. The van der Waals surface area contributed by atoms with Crippen molar-refractivity contribution >= 4 is 11.7 Å². The van der Waals surface area contributed by atoms with E-state index in [0.29, 0.717) is 6.42 Å². The molecule has 0 aliphatic carbocycles. The first-order valence-electron chi connectivity index (χ1n) is 9.35. The van der Waals surface area contributed by atoms with Crippen LogP contribution in [0.5, 0.6) is 0 Å². The summed E-state index contributed by atoms with van der Waals surface area (Å²) < 4.78 is 1.94. The highest BCUT2D eigenvalue weighted by atomic mass is 16.2. The quantitative estimate of drug-likeness (QED) is 0.749. The number of aryl methyl sites for hydroxylation is 1. The van der Waals surface area contributed by atoms with Crippen LogP contribution in [-0.2, 0) is 17.6 Å². The second-order valence-electron chi connectivity index (χ2n) is 7.85. The molecule has 0 bridgehead atoms. The molecule has 6 heteroatoms. The Labute approximate surface area is 166 Å². The molecular weight excluding hydrogens is 352 g/mol. The highest BCUT2D eigenvalue weighted by Crippen LogP contribution is 2.18. The minimum atomic E-state index is -0.768. The average molecular weight is 380 g/mol. The fourth-order valence-corrected chi connectivity index (χ4v) is 3.04. The minimum absolute atomic E-state index is 0.0658. The summed E-state index contributed by atoms with van der Waals surface area (Å²) in [6.45, 7) is 11.5. The van der Waals surface area contributed by atoms with Crippen molar-refractivity contribution in [2.75, 3.05) is 0 Å². The number of terminal acetylenes is 1. The van der Waals surface area contributed by atoms with Crippen LogP contribution in [0, 0.1) is 26.2 Å². The summed E-state index contributed by atoms with van der Waals surface area (Å²) in [5, 5.41) is 7.27. The zero-order chi connectivity index (χ0) is 21.1. The maximum Gasteiger partial charge on any atom is 0.271 e. The number of nitrogens with zero attached hydrogens (tertiary/aromatic N) is 3. The molecule has 1 amide bonds. The molecule has 1 N–H and O–H groups in total. The van der Waals surface area contributed by atoms with E-state index in [4.69, 9.17) is 6.42 Å². The van der Waals surface area contributed by atoms with Gasteiger partial charge in [0.25, 0.3) is 5.91 Å². The van der Waals surface area contributed by atoms with Gasteiger partial charge < -0.3 is 5.32 Å². The predicted molar refractivity (Wildman–Crippen MR) is 109 cm³/mol. The lowest BCUT2D eigenvalue weighted by molar-refractivity contribution is -0.117. The molecule has 0 atom stereocenters. The second kappa shape index (κ2) is 8.39. The maximum absolute atomic E-state index is 12.6. The zero-order valence-corrected chi connectivity index (χ0v) is 17.5. The molecule has 0 aliphatic heterocycles. The van der Waals surface area contributed by atoms with Crippen molar-refractivity contribution in [3.05, 3.63) is 46.5 Å². The molecule has 2 rings (SSSR count). The molecule has 0 fully saturated rings. The van der Waals surface area contributed by atoms with E-state index in [-0.39, 0.29) is 29.8 Å². The molecule has 0 saturated carbocycles. The normalized spacial score (nSPS) is 11.4. The largest absolute Gasteiger partial charge is 0.335 e. The number of rotatable bonds is 7. The fourth-order valence-electron chi connectivity index (χ4n) is 3.04. The van der Waals surface area contributed by atoms with Gasteiger partial charge in [-0.15, -0.1) is 6.42 Å². The summed E-state index contributed by atoms with van der Waals surface area (Å²) in [6.07, 6.45) is 7.49. The SMILES string of the molecule is C#CC(C)(C)NC(=O)c1cc(CC(=O)Cc2c(C)nn(C(C)C)c2C)ccn1. The van der Waals surface area contributed by atoms with Crippen LogP contribution in [0.3, 0.4) is 0 Å². The van der Waals surface area contributed by atoms with Gasteiger partial charge in [-0.2, -0.15) is 5.10 Å². The molecule has 0 unspecified atom stereocenters. The van der Waals surface area contributed by atoms with E-state index < -0.39 is 5.54 Å². The minimum Gasteiger partial charge on any atom is -0.335 e. The Morgan fingerprint density at radius 3 is 2.54 bits per heavy atom. The van der Waals surface area contributed by atoms with Crippen LogP contribution in [0.4, 0.5) is 0 Å². The van der Waals surface area contributed by atoms with E-state index in [1.54, 1.807) is 26.0 Å². The van der Waals surface area contributed by atoms with Crippen LogP contribution in [0.1, 0.15) is 66.7 Å². The third kappa shape index (κ3) is 5.07. The van der Waals surface area contributed by atoms with Gasteiger partial charge in [-0.3, -0.25) is 19.3 Å².